The Morgan fingerprint density at radius 1 is 1.11 bits per heavy atom. The van der Waals surface area contributed by atoms with Crippen LogP contribution in [0, 0.1) is 5.41 Å². The summed E-state index contributed by atoms with van der Waals surface area (Å²) in [6.45, 7) is 0. The van der Waals surface area contributed by atoms with E-state index in [1.165, 1.54) is 0 Å². The van der Waals surface area contributed by atoms with Crippen LogP contribution in [0.5, 0.6) is 0 Å². The zero-order chi connectivity index (χ0) is 12.7. The largest absolute Gasteiger partial charge is 0.378 e. The van der Waals surface area contributed by atoms with Crippen molar-refractivity contribution < 1.29 is 0 Å². The standard InChI is InChI=1S/C14H14N4/c1-18(2)10-4-6-12-14(8-10)17-13-7-9(15)3-5-11(13)16-12/h3-8,15,17H,1-2H3. The average Bonchev–Trinajstić information content (AvgIpc) is 2.35. The predicted molar refractivity (Wildman–Crippen MR) is 72.9 cm³/mol. The minimum absolute atomic E-state index is 0.490. The first-order valence-corrected chi connectivity index (χ1v) is 5.79. The smallest absolute Gasteiger partial charge is 0.0874 e. The lowest BCUT2D eigenvalue weighted by molar-refractivity contribution is 1.13. The third kappa shape index (κ3) is 1.72. The van der Waals surface area contributed by atoms with Gasteiger partial charge < -0.3 is 15.3 Å². The lowest BCUT2D eigenvalue weighted by Crippen LogP contribution is -2.08. The van der Waals surface area contributed by atoms with Gasteiger partial charge in [-0.3, -0.25) is 0 Å². The van der Waals surface area contributed by atoms with Crippen molar-refractivity contribution in [2.24, 2.45) is 0 Å². The average molecular weight is 238 g/mol. The summed E-state index contributed by atoms with van der Waals surface area (Å²) < 4.78 is 0. The Bertz CT molecular complexity index is 742. The summed E-state index contributed by atoms with van der Waals surface area (Å²) in [5.41, 5.74) is 4.83. The molecule has 0 unspecified atom stereocenters. The lowest BCUT2D eigenvalue weighted by atomic mass is 10.2. The highest BCUT2D eigenvalue weighted by molar-refractivity contribution is 5.82. The molecule has 1 heterocycles. The first kappa shape index (κ1) is 10.8. The van der Waals surface area contributed by atoms with Gasteiger partial charge in [0.25, 0.3) is 0 Å². The number of aromatic nitrogens is 2. The molecule has 2 aliphatic rings. The molecule has 0 aromatic heterocycles. The van der Waals surface area contributed by atoms with Crippen LogP contribution in [0.15, 0.2) is 36.4 Å². The third-order valence-corrected chi connectivity index (χ3v) is 3.00. The molecule has 0 atom stereocenters. The molecule has 0 radical (unpaired) electrons. The fraction of sp³-hybridized carbons (Fsp3) is 0.143. The lowest BCUT2D eigenvalue weighted by Gasteiger charge is -2.14. The maximum atomic E-state index is 7.64. The second-order valence-corrected chi connectivity index (χ2v) is 4.56. The first-order chi connectivity index (χ1) is 8.63. The zero-order valence-electron chi connectivity index (χ0n) is 10.4. The van der Waals surface area contributed by atoms with Crippen LogP contribution in [0.3, 0.4) is 0 Å². The van der Waals surface area contributed by atoms with E-state index in [0.717, 1.165) is 28.1 Å². The maximum absolute atomic E-state index is 7.64. The van der Waals surface area contributed by atoms with E-state index < -0.39 is 0 Å². The highest BCUT2D eigenvalue weighted by Gasteiger charge is 2.06. The van der Waals surface area contributed by atoms with Gasteiger partial charge in [0.05, 0.1) is 27.8 Å². The molecule has 1 aromatic rings. The molecular formula is C14H14N4. The van der Waals surface area contributed by atoms with Crippen molar-refractivity contribution in [2.75, 3.05) is 19.0 Å². The Labute approximate surface area is 105 Å². The fourth-order valence-corrected chi connectivity index (χ4v) is 2.01. The van der Waals surface area contributed by atoms with E-state index in [-0.39, 0.29) is 0 Å². The Balaban J connectivity index is 2.33. The molecule has 1 aromatic carbocycles. The maximum Gasteiger partial charge on any atom is 0.0874 e. The minimum atomic E-state index is 0.490. The van der Waals surface area contributed by atoms with Crippen molar-refractivity contribution in [1.29, 1.82) is 5.41 Å². The summed E-state index contributed by atoms with van der Waals surface area (Å²) in [6, 6.07) is 11.5. The molecule has 0 saturated carbocycles. The monoisotopic (exact) mass is 238 g/mol. The number of aromatic amines is 1. The number of hydrogen-bond donors (Lipinski definition) is 2. The molecule has 1 aliphatic carbocycles. The van der Waals surface area contributed by atoms with Gasteiger partial charge in [-0.05, 0) is 36.4 Å². The van der Waals surface area contributed by atoms with Gasteiger partial charge in [-0.25, -0.2) is 4.98 Å². The summed E-state index contributed by atoms with van der Waals surface area (Å²) >= 11 is 0. The molecule has 4 heteroatoms. The highest BCUT2D eigenvalue weighted by atomic mass is 15.1. The van der Waals surface area contributed by atoms with Crippen LogP contribution in [-0.2, 0) is 0 Å². The van der Waals surface area contributed by atoms with Crippen LogP contribution in [0.4, 0.5) is 5.69 Å². The molecule has 18 heavy (non-hydrogen) atoms. The van der Waals surface area contributed by atoms with Gasteiger partial charge in [-0.1, -0.05) is 0 Å². The molecule has 4 nitrogen and oxygen atoms in total. The minimum Gasteiger partial charge on any atom is -0.378 e. The molecular weight excluding hydrogens is 224 g/mol. The summed E-state index contributed by atoms with van der Waals surface area (Å²) in [6.07, 6.45) is 0. The van der Waals surface area contributed by atoms with Crippen molar-refractivity contribution in [3.05, 3.63) is 41.8 Å². The Kier molecular flexibility index (Phi) is 2.30. The molecule has 0 amide bonds. The number of rotatable bonds is 1. The quantitative estimate of drug-likeness (QED) is 0.639. The number of hydrogen-bond acceptors (Lipinski definition) is 3. The van der Waals surface area contributed by atoms with E-state index in [2.05, 4.69) is 20.9 Å². The van der Waals surface area contributed by atoms with Crippen molar-refractivity contribution in [2.45, 2.75) is 0 Å². The van der Waals surface area contributed by atoms with Gasteiger partial charge in [-0.2, -0.15) is 0 Å². The van der Waals surface area contributed by atoms with Gasteiger partial charge >= 0.3 is 0 Å². The normalized spacial score (nSPS) is 11.0. The number of benzene rings is 2. The Morgan fingerprint density at radius 3 is 2.72 bits per heavy atom. The van der Waals surface area contributed by atoms with Gasteiger partial charge in [0.1, 0.15) is 0 Å². The number of nitrogens with one attached hydrogen (secondary N) is 2. The highest BCUT2D eigenvalue weighted by Crippen LogP contribution is 2.23. The Morgan fingerprint density at radius 2 is 1.94 bits per heavy atom. The van der Waals surface area contributed by atoms with Crippen LogP contribution in [-0.4, -0.2) is 24.1 Å². The first-order valence-electron chi connectivity index (χ1n) is 5.79. The van der Waals surface area contributed by atoms with E-state index in [0.29, 0.717) is 5.36 Å². The molecule has 1 aliphatic heterocycles. The molecule has 3 rings (SSSR count). The van der Waals surface area contributed by atoms with E-state index in [1.807, 2.05) is 32.3 Å². The predicted octanol–water partition coefficient (Wildman–Crippen LogP) is 2.21. The second-order valence-electron chi connectivity index (χ2n) is 4.56. The van der Waals surface area contributed by atoms with Crippen LogP contribution in [0.2, 0.25) is 0 Å². The SMILES string of the molecule is CN(C)c1ccc2nc3ccc(=N)cc-3[nH]c2c1. The van der Waals surface area contributed by atoms with E-state index in [4.69, 9.17) is 5.41 Å². The summed E-state index contributed by atoms with van der Waals surface area (Å²) in [5, 5.41) is 8.13. The van der Waals surface area contributed by atoms with E-state index >= 15 is 0 Å². The number of anilines is 1. The summed E-state index contributed by atoms with van der Waals surface area (Å²) in [7, 11) is 4.02. The third-order valence-electron chi connectivity index (χ3n) is 3.00. The molecule has 0 bridgehead atoms. The topological polar surface area (TPSA) is 55.8 Å². The van der Waals surface area contributed by atoms with Crippen LogP contribution in [0.25, 0.3) is 22.4 Å². The Hall–Kier alpha value is -2.36. The van der Waals surface area contributed by atoms with Crippen molar-refractivity contribution >= 4 is 16.7 Å². The summed E-state index contributed by atoms with van der Waals surface area (Å²) in [5.74, 6) is 0. The molecule has 0 spiro atoms. The van der Waals surface area contributed by atoms with E-state index in [9.17, 15) is 0 Å². The number of fused-ring (bicyclic) bond motifs is 2. The second kappa shape index (κ2) is 3.84. The van der Waals surface area contributed by atoms with Crippen molar-refractivity contribution in [3.8, 4) is 11.4 Å². The fourth-order valence-electron chi connectivity index (χ4n) is 2.01. The number of H-pyrrole nitrogens is 1. The van der Waals surface area contributed by atoms with Gasteiger partial charge in [-0.15, -0.1) is 0 Å². The van der Waals surface area contributed by atoms with Crippen LogP contribution in [0.1, 0.15) is 0 Å². The van der Waals surface area contributed by atoms with E-state index in [1.54, 1.807) is 12.1 Å². The molecule has 2 N–H and O–H groups in total. The summed E-state index contributed by atoms with van der Waals surface area (Å²) in [4.78, 5) is 9.98. The zero-order valence-corrected chi connectivity index (χ0v) is 10.4. The van der Waals surface area contributed by atoms with Gasteiger partial charge in [0, 0.05) is 19.8 Å². The molecule has 90 valence electrons. The van der Waals surface area contributed by atoms with Crippen molar-refractivity contribution in [1.82, 2.24) is 9.97 Å². The van der Waals surface area contributed by atoms with Gasteiger partial charge in [0.15, 0.2) is 0 Å². The van der Waals surface area contributed by atoms with Crippen LogP contribution < -0.4 is 10.3 Å². The van der Waals surface area contributed by atoms with Gasteiger partial charge in [0.2, 0.25) is 0 Å². The van der Waals surface area contributed by atoms with Crippen molar-refractivity contribution in [3.63, 3.8) is 0 Å². The molecule has 0 saturated heterocycles. The number of nitrogens with zero attached hydrogens (tertiary/aromatic N) is 2. The van der Waals surface area contributed by atoms with Crippen LogP contribution >= 0.6 is 0 Å². The molecule has 0 fully saturated rings.